The monoisotopic (exact) mass is 499 g/mol. The molecule has 6 heteroatoms. The lowest BCUT2D eigenvalue weighted by Gasteiger charge is -2.37. The normalized spacial score (nSPS) is 14.3. The van der Waals surface area contributed by atoms with E-state index in [-0.39, 0.29) is 30.4 Å². The average Bonchev–Trinajstić information content (AvgIpc) is 3.29. The maximum absolute atomic E-state index is 13.7. The highest BCUT2D eigenvalue weighted by atomic mass is 35.5. The van der Waals surface area contributed by atoms with Crippen molar-refractivity contribution in [3.8, 4) is 0 Å². The predicted molar refractivity (Wildman–Crippen MR) is 143 cm³/mol. The van der Waals surface area contributed by atoms with Crippen LogP contribution in [0.4, 0.5) is 0 Å². The van der Waals surface area contributed by atoms with E-state index >= 15 is 0 Å². The Bertz CT molecular complexity index is 949. The third-order valence-electron chi connectivity index (χ3n) is 7.13. The second kappa shape index (κ2) is 13.7. The van der Waals surface area contributed by atoms with E-state index in [2.05, 4.69) is 23.8 Å². The average molecular weight is 500 g/mol. The van der Waals surface area contributed by atoms with E-state index in [9.17, 15) is 9.59 Å². The first-order chi connectivity index (χ1) is 16.9. The molecule has 1 fully saturated rings. The molecule has 1 aliphatic rings. The third kappa shape index (κ3) is 7.86. The molecule has 1 saturated carbocycles. The molecule has 2 aromatic rings. The van der Waals surface area contributed by atoms with Gasteiger partial charge in [0, 0.05) is 42.0 Å². The minimum atomic E-state index is 0.00497. The van der Waals surface area contributed by atoms with Gasteiger partial charge in [-0.1, -0.05) is 68.8 Å². The number of benzene rings is 1. The molecule has 1 aromatic heterocycles. The van der Waals surface area contributed by atoms with Crippen molar-refractivity contribution < 1.29 is 9.59 Å². The fraction of sp³-hybridized carbons (Fsp3) is 0.586. The van der Waals surface area contributed by atoms with Crippen LogP contribution in [0.15, 0.2) is 42.6 Å². The van der Waals surface area contributed by atoms with Gasteiger partial charge in [-0.3, -0.25) is 9.59 Å². The molecular weight excluding hydrogens is 458 g/mol. The first kappa shape index (κ1) is 27.3. The van der Waals surface area contributed by atoms with E-state index in [0.717, 1.165) is 61.2 Å². The van der Waals surface area contributed by atoms with E-state index in [1.807, 2.05) is 49.1 Å². The second-order valence-corrected chi connectivity index (χ2v) is 10.5. The van der Waals surface area contributed by atoms with Crippen LogP contribution < -0.4 is 0 Å². The Balaban J connectivity index is 1.77. The number of carbonyl (C=O) groups is 2. The number of unbranched alkanes of at least 4 members (excludes halogenated alkanes) is 2. The van der Waals surface area contributed by atoms with Gasteiger partial charge in [-0.2, -0.15) is 0 Å². The van der Waals surface area contributed by atoms with Crippen LogP contribution in [-0.4, -0.2) is 44.8 Å². The number of rotatable bonds is 12. The molecule has 3 rings (SSSR count). The highest BCUT2D eigenvalue weighted by Crippen LogP contribution is 2.26. The van der Waals surface area contributed by atoms with Gasteiger partial charge in [-0.15, -0.1) is 0 Å². The Hall–Kier alpha value is -2.27. The van der Waals surface area contributed by atoms with E-state index in [1.165, 1.54) is 6.42 Å². The molecule has 1 heterocycles. The van der Waals surface area contributed by atoms with E-state index in [4.69, 9.17) is 11.6 Å². The van der Waals surface area contributed by atoms with Gasteiger partial charge in [0.25, 0.3) is 0 Å². The fourth-order valence-corrected chi connectivity index (χ4v) is 5.21. The summed E-state index contributed by atoms with van der Waals surface area (Å²) in [6, 6.07) is 12.3. The molecular formula is C29H42ClN3O2. The molecule has 0 spiro atoms. The zero-order valence-electron chi connectivity index (χ0n) is 21.7. The first-order valence-electron chi connectivity index (χ1n) is 13.4. The van der Waals surface area contributed by atoms with Crippen molar-refractivity contribution in [3.63, 3.8) is 0 Å². The standard InChI is InChI=1S/C29H42ClN3O2/c1-4-5-7-18-28(34)32(23(2)3)22-29(35)33(25-14-8-6-9-15-25)21-26-16-12-19-31(26)20-24-13-10-11-17-27(24)30/h10-13,16-17,19,23,25H,4-9,14-15,18,20-22H2,1-3H3. The summed E-state index contributed by atoms with van der Waals surface area (Å²) < 4.78 is 2.18. The first-order valence-corrected chi connectivity index (χ1v) is 13.7. The zero-order valence-corrected chi connectivity index (χ0v) is 22.5. The molecule has 35 heavy (non-hydrogen) atoms. The Kier molecular flexibility index (Phi) is 10.7. The molecule has 2 amide bonds. The number of nitrogens with zero attached hydrogens (tertiary/aromatic N) is 3. The molecule has 0 bridgehead atoms. The van der Waals surface area contributed by atoms with Crippen LogP contribution in [-0.2, 0) is 22.7 Å². The molecule has 1 aromatic carbocycles. The third-order valence-corrected chi connectivity index (χ3v) is 7.50. The number of halogens is 1. The van der Waals surface area contributed by atoms with Gasteiger partial charge in [-0.25, -0.2) is 0 Å². The molecule has 0 atom stereocenters. The van der Waals surface area contributed by atoms with Gasteiger partial charge in [0.15, 0.2) is 0 Å². The summed E-state index contributed by atoms with van der Waals surface area (Å²) >= 11 is 6.42. The van der Waals surface area contributed by atoms with Crippen molar-refractivity contribution in [3.05, 3.63) is 58.9 Å². The summed E-state index contributed by atoms with van der Waals surface area (Å²) in [6.07, 6.45) is 11.2. The van der Waals surface area contributed by atoms with Crippen LogP contribution >= 0.6 is 11.6 Å². The smallest absolute Gasteiger partial charge is 0.242 e. The van der Waals surface area contributed by atoms with Crippen LogP contribution in [0.1, 0.15) is 89.8 Å². The maximum Gasteiger partial charge on any atom is 0.242 e. The molecule has 1 aliphatic carbocycles. The Morgan fingerprint density at radius 2 is 1.77 bits per heavy atom. The minimum Gasteiger partial charge on any atom is -0.345 e. The summed E-state index contributed by atoms with van der Waals surface area (Å²) in [5.41, 5.74) is 2.15. The summed E-state index contributed by atoms with van der Waals surface area (Å²) in [5, 5.41) is 0.751. The lowest BCUT2D eigenvalue weighted by Crippen LogP contribution is -2.49. The molecule has 0 saturated heterocycles. The van der Waals surface area contributed by atoms with Crippen molar-refractivity contribution in [1.29, 1.82) is 0 Å². The molecule has 0 aliphatic heterocycles. The van der Waals surface area contributed by atoms with Gasteiger partial charge < -0.3 is 14.4 Å². The Labute approximate surface area is 216 Å². The maximum atomic E-state index is 13.7. The second-order valence-electron chi connectivity index (χ2n) is 10.1. The highest BCUT2D eigenvalue weighted by molar-refractivity contribution is 6.31. The fourth-order valence-electron chi connectivity index (χ4n) is 5.01. The van der Waals surface area contributed by atoms with Gasteiger partial charge in [0.05, 0.1) is 13.1 Å². The van der Waals surface area contributed by atoms with Gasteiger partial charge in [0.2, 0.25) is 11.8 Å². The number of amides is 2. The quantitative estimate of drug-likeness (QED) is 0.306. The largest absolute Gasteiger partial charge is 0.345 e. The number of hydrogen-bond acceptors (Lipinski definition) is 2. The van der Waals surface area contributed by atoms with Crippen molar-refractivity contribution in [2.45, 2.75) is 104 Å². The molecule has 5 nitrogen and oxygen atoms in total. The van der Waals surface area contributed by atoms with Crippen LogP contribution in [0.5, 0.6) is 0 Å². The van der Waals surface area contributed by atoms with Crippen LogP contribution in [0.25, 0.3) is 0 Å². The van der Waals surface area contributed by atoms with Gasteiger partial charge in [0.1, 0.15) is 0 Å². The predicted octanol–water partition coefficient (Wildman–Crippen LogP) is 6.67. The molecule has 0 unspecified atom stereocenters. The van der Waals surface area contributed by atoms with E-state index < -0.39 is 0 Å². The zero-order chi connectivity index (χ0) is 25.2. The van der Waals surface area contributed by atoms with Crippen LogP contribution in [0, 0.1) is 0 Å². The van der Waals surface area contributed by atoms with Crippen molar-refractivity contribution >= 4 is 23.4 Å². The Morgan fingerprint density at radius 3 is 2.46 bits per heavy atom. The van der Waals surface area contributed by atoms with Gasteiger partial charge in [-0.05, 0) is 56.9 Å². The molecule has 0 radical (unpaired) electrons. The minimum absolute atomic E-state index is 0.00497. The van der Waals surface area contributed by atoms with E-state index in [0.29, 0.717) is 19.5 Å². The number of aromatic nitrogens is 1. The summed E-state index contributed by atoms with van der Waals surface area (Å²) in [7, 11) is 0. The van der Waals surface area contributed by atoms with E-state index in [1.54, 1.807) is 4.90 Å². The Morgan fingerprint density at radius 1 is 1.03 bits per heavy atom. The number of hydrogen-bond donors (Lipinski definition) is 0. The SMILES string of the molecule is CCCCCC(=O)N(CC(=O)N(Cc1cccn1Cc1ccccc1Cl)C1CCCCC1)C(C)C. The summed E-state index contributed by atoms with van der Waals surface area (Å²) in [5.74, 6) is 0.146. The highest BCUT2D eigenvalue weighted by Gasteiger charge is 2.29. The lowest BCUT2D eigenvalue weighted by molar-refractivity contribution is -0.144. The van der Waals surface area contributed by atoms with Crippen molar-refractivity contribution in [2.24, 2.45) is 0 Å². The van der Waals surface area contributed by atoms with Crippen LogP contribution in [0.2, 0.25) is 5.02 Å². The number of carbonyl (C=O) groups excluding carboxylic acids is 2. The lowest BCUT2D eigenvalue weighted by atomic mass is 9.94. The molecule has 192 valence electrons. The van der Waals surface area contributed by atoms with Crippen molar-refractivity contribution in [2.75, 3.05) is 6.54 Å². The summed E-state index contributed by atoms with van der Waals surface area (Å²) in [6.45, 7) is 7.53. The summed E-state index contributed by atoms with van der Waals surface area (Å²) in [4.78, 5) is 30.5. The van der Waals surface area contributed by atoms with Crippen molar-refractivity contribution in [1.82, 2.24) is 14.4 Å². The van der Waals surface area contributed by atoms with Gasteiger partial charge >= 0.3 is 0 Å². The topological polar surface area (TPSA) is 45.6 Å². The molecule has 0 N–H and O–H groups in total. The van der Waals surface area contributed by atoms with Crippen LogP contribution in [0.3, 0.4) is 0 Å².